The van der Waals surface area contributed by atoms with Crippen LogP contribution in [0.2, 0.25) is 0 Å². The van der Waals surface area contributed by atoms with Crippen LogP contribution < -0.4 is 5.32 Å². The van der Waals surface area contributed by atoms with Gasteiger partial charge < -0.3 is 10.4 Å². The molecule has 0 bridgehead atoms. The number of rotatable bonds is 5. The Bertz CT molecular complexity index is 460. The summed E-state index contributed by atoms with van der Waals surface area (Å²) in [5, 5.41) is 11.5. The van der Waals surface area contributed by atoms with Crippen LogP contribution in [0.25, 0.3) is 0 Å². The number of carbonyl (C=O) groups excluding carboxylic acids is 1. The number of carboxylic acids is 1. The number of amides is 1. The fourth-order valence-electron chi connectivity index (χ4n) is 1.53. The van der Waals surface area contributed by atoms with Gasteiger partial charge in [-0.3, -0.25) is 9.59 Å². The van der Waals surface area contributed by atoms with Crippen molar-refractivity contribution in [3.05, 3.63) is 33.8 Å². The number of aliphatic carboxylic acids is 1. The predicted octanol–water partition coefficient (Wildman–Crippen LogP) is 2.60. The molecule has 18 heavy (non-hydrogen) atoms. The van der Waals surface area contributed by atoms with E-state index >= 15 is 0 Å². The van der Waals surface area contributed by atoms with Gasteiger partial charge in [0.15, 0.2) is 0 Å². The van der Waals surface area contributed by atoms with E-state index in [1.54, 1.807) is 19.1 Å². The van der Waals surface area contributed by atoms with Gasteiger partial charge in [-0.1, -0.05) is 18.6 Å². The first-order chi connectivity index (χ1) is 8.45. The van der Waals surface area contributed by atoms with Gasteiger partial charge in [0.25, 0.3) is 5.91 Å². The Morgan fingerprint density at radius 1 is 1.44 bits per heavy atom. The number of hydrogen-bond donors (Lipinski definition) is 2. The van der Waals surface area contributed by atoms with Gasteiger partial charge in [0.2, 0.25) is 0 Å². The molecule has 0 heterocycles. The van der Waals surface area contributed by atoms with Crippen molar-refractivity contribution in [1.29, 1.82) is 0 Å². The van der Waals surface area contributed by atoms with Crippen molar-refractivity contribution in [2.75, 3.05) is 6.54 Å². The molecule has 0 radical (unpaired) electrons. The fraction of sp³-hybridized carbons (Fsp3) is 0.385. The lowest BCUT2D eigenvalue weighted by molar-refractivity contribution is -0.141. The van der Waals surface area contributed by atoms with Gasteiger partial charge in [-0.25, -0.2) is 0 Å². The molecule has 2 N–H and O–H groups in total. The molecule has 1 unspecified atom stereocenters. The molecular formula is C13H16BrNO3. The summed E-state index contributed by atoms with van der Waals surface area (Å²) in [4.78, 5) is 22.8. The second kappa shape index (κ2) is 6.54. The van der Waals surface area contributed by atoms with Crippen molar-refractivity contribution in [1.82, 2.24) is 5.32 Å². The van der Waals surface area contributed by atoms with Gasteiger partial charge in [0.1, 0.15) is 0 Å². The number of carboxylic acid groups (broad SMARTS) is 1. The molecule has 98 valence electrons. The third kappa shape index (κ3) is 3.84. The number of nitrogens with one attached hydrogen (secondary N) is 1. The first-order valence-electron chi connectivity index (χ1n) is 5.72. The molecule has 1 aromatic rings. The Morgan fingerprint density at radius 3 is 2.67 bits per heavy atom. The molecule has 0 saturated heterocycles. The van der Waals surface area contributed by atoms with Gasteiger partial charge >= 0.3 is 5.97 Å². The summed E-state index contributed by atoms with van der Waals surface area (Å²) < 4.78 is 0.703. The minimum Gasteiger partial charge on any atom is -0.481 e. The lowest BCUT2D eigenvalue weighted by atomic mass is 10.1. The number of carbonyl (C=O) groups is 2. The van der Waals surface area contributed by atoms with Crippen LogP contribution in [0, 0.1) is 12.8 Å². The van der Waals surface area contributed by atoms with Gasteiger partial charge in [-0.15, -0.1) is 0 Å². The highest BCUT2D eigenvalue weighted by Crippen LogP contribution is 2.18. The molecule has 0 fully saturated rings. The van der Waals surface area contributed by atoms with Crippen LogP contribution in [-0.2, 0) is 4.79 Å². The van der Waals surface area contributed by atoms with E-state index in [1.165, 1.54) is 0 Å². The van der Waals surface area contributed by atoms with E-state index in [1.807, 2.05) is 13.0 Å². The van der Waals surface area contributed by atoms with E-state index in [0.717, 1.165) is 5.56 Å². The lowest BCUT2D eigenvalue weighted by Crippen LogP contribution is -2.32. The average Bonchev–Trinajstić information content (AvgIpc) is 2.32. The van der Waals surface area contributed by atoms with E-state index in [2.05, 4.69) is 21.2 Å². The van der Waals surface area contributed by atoms with Crippen molar-refractivity contribution in [2.45, 2.75) is 20.3 Å². The normalized spacial score (nSPS) is 11.9. The maximum Gasteiger partial charge on any atom is 0.308 e. The first-order valence-corrected chi connectivity index (χ1v) is 6.52. The molecule has 0 aromatic heterocycles. The first kappa shape index (κ1) is 14.7. The standard InChI is InChI=1S/C13H16BrNO3/c1-3-9(13(17)18)7-15-12(16)10-6-8(2)4-5-11(10)14/h4-6,9H,3,7H2,1-2H3,(H,15,16)(H,17,18). The summed E-state index contributed by atoms with van der Waals surface area (Å²) in [6, 6.07) is 5.47. The summed E-state index contributed by atoms with van der Waals surface area (Å²) in [6.45, 7) is 3.83. The molecular weight excluding hydrogens is 298 g/mol. The van der Waals surface area contributed by atoms with Crippen LogP contribution in [0.5, 0.6) is 0 Å². The highest BCUT2D eigenvalue weighted by atomic mass is 79.9. The van der Waals surface area contributed by atoms with Crippen molar-refractivity contribution >= 4 is 27.8 Å². The summed E-state index contributed by atoms with van der Waals surface area (Å²) >= 11 is 3.31. The zero-order chi connectivity index (χ0) is 13.7. The van der Waals surface area contributed by atoms with Gasteiger partial charge in [0.05, 0.1) is 11.5 Å². The molecule has 5 heteroatoms. The topological polar surface area (TPSA) is 66.4 Å². The molecule has 1 amide bonds. The maximum absolute atomic E-state index is 11.9. The predicted molar refractivity (Wildman–Crippen MR) is 72.6 cm³/mol. The number of halogens is 1. The van der Waals surface area contributed by atoms with Gasteiger partial charge in [0, 0.05) is 11.0 Å². The molecule has 0 spiro atoms. The molecule has 4 nitrogen and oxygen atoms in total. The third-order valence-corrected chi connectivity index (χ3v) is 3.41. The molecule has 1 atom stereocenters. The molecule has 0 aliphatic carbocycles. The minimum absolute atomic E-state index is 0.144. The monoisotopic (exact) mass is 313 g/mol. The van der Waals surface area contributed by atoms with Crippen LogP contribution in [0.3, 0.4) is 0 Å². The summed E-state index contributed by atoms with van der Waals surface area (Å²) in [5.41, 5.74) is 1.50. The molecule has 0 aliphatic heterocycles. The average molecular weight is 314 g/mol. The highest BCUT2D eigenvalue weighted by molar-refractivity contribution is 9.10. The number of benzene rings is 1. The summed E-state index contributed by atoms with van der Waals surface area (Å²) in [6.07, 6.45) is 0.491. The second-order valence-corrected chi connectivity index (χ2v) is 4.99. The Morgan fingerprint density at radius 2 is 2.11 bits per heavy atom. The summed E-state index contributed by atoms with van der Waals surface area (Å²) in [7, 11) is 0. The van der Waals surface area contributed by atoms with E-state index in [-0.39, 0.29) is 12.5 Å². The second-order valence-electron chi connectivity index (χ2n) is 4.14. The van der Waals surface area contributed by atoms with Crippen LogP contribution >= 0.6 is 15.9 Å². The van der Waals surface area contributed by atoms with Crippen LogP contribution in [-0.4, -0.2) is 23.5 Å². The minimum atomic E-state index is -0.888. The van der Waals surface area contributed by atoms with E-state index in [9.17, 15) is 9.59 Å². The summed E-state index contributed by atoms with van der Waals surface area (Å²) in [5.74, 6) is -1.69. The van der Waals surface area contributed by atoms with E-state index in [4.69, 9.17) is 5.11 Å². The SMILES string of the molecule is CCC(CNC(=O)c1cc(C)ccc1Br)C(=O)O. The number of hydrogen-bond acceptors (Lipinski definition) is 2. The quantitative estimate of drug-likeness (QED) is 0.878. The molecule has 0 saturated carbocycles. The van der Waals surface area contributed by atoms with Crippen LogP contribution in [0.15, 0.2) is 22.7 Å². The molecule has 0 aliphatic rings. The van der Waals surface area contributed by atoms with Gasteiger partial charge in [-0.2, -0.15) is 0 Å². The Kier molecular flexibility index (Phi) is 5.34. The molecule has 1 aromatic carbocycles. The van der Waals surface area contributed by atoms with Crippen molar-refractivity contribution in [2.24, 2.45) is 5.92 Å². The van der Waals surface area contributed by atoms with Crippen LogP contribution in [0.1, 0.15) is 29.3 Å². The lowest BCUT2D eigenvalue weighted by Gasteiger charge is -2.12. The van der Waals surface area contributed by atoms with Crippen molar-refractivity contribution < 1.29 is 14.7 Å². The molecule has 1 rings (SSSR count). The fourth-order valence-corrected chi connectivity index (χ4v) is 1.96. The Labute approximate surface area is 115 Å². The zero-order valence-corrected chi connectivity index (χ0v) is 12.0. The van der Waals surface area contributed by atoms with E-state index in [0.29, 0.717) is 16.5 Å². The van der Waals surface area contributed by atoms with E-state index < -0.39 is 11.9 Å². The van der Waals surface area contributed by atoms with Gasteiger partial charge in [-0.05, 0) is 41.4 Å². The largest absolute Gasteiger partial charge is 0.481 e. The van der Waals surface area contributed by atoms with Crippen molar-refractivity contribution in [3.63, 3.8) is 0 Å². The highest BCUT2D eigenvalue weighted by Gasteiger charge is 2.17. The smallest absolute Gasteiger partial charge is 0.308 e. The third-order valence-electron chi connectivity index (χ3n) is 2.72. The Balaban J connectivity index is 2.71. The van der Waals surface area contributed by atoms with Crippen LogP contribution in [0.4, 0.5) is 0 Å². The Hall–Kier alpha value is -1.36. The zero-order valence-electron chi connectivity index (χ0n) is 10.4. The maximum atomic E-state index is 11.9. The number of aryl methyl sites for hydroxylation is 1. The van der Waals surface area contributed by atoms with Crippen molar-refractivity contribution in [3.8, 4) is 0 Å².